The molecule has 1 saturated heterocycles. The van der Waals surface area contributed by atoms with Crippen molar-refractivity contribution in [3.63, 3.8) is 0 Å². The number of phenolic OH excluding ortho intramolecular Hbond substituents is 1. The highest BCUT2D eigenvalue weighted by molar-refractivity contribution is 5.52. The number of aliphatic hydroxyl groups is 4. The molecule has 2 rings (SSSR count). The summed E-state index contributed by atoms with van der Waals surface area (Å²) < 4.78 is 20.7. The minimum atomic E-state index is -1.51. The predicted octanol–water partition coefficient (Wildman–Crippen LogP) is -1.27. The third-order valence-corrected chi connectivity index (χ3v) is 3.80. The van der Waals surface area contributed by atoms with Gasteiger partial charge in [0.15, 0.2) is 17.8 Å². The topological polar surface area (TPSA) is 138 Å². The van der Waals surface area contributed by atoms with Gasteiger partial charge in [-0.3, -0.25) is 0 Å². The molecule has 9 nitrogen and oxygen atoms in total. The lowest BCUT2D eigenvalue weighted by molar-refractivity contribution is -0.304. The van der Waals surface area contributed by atoms with Gasteiger partial charge in [0.05, 0.1) is 27.4 Å². The van der Waals surface area contributed by atoms with Crippen LogP contribution in [-0.4, -0.2) is 77.1 Å². The smallest absolute Gasteiger partial charge is 0.200 e. The molecule has 1 fully saturated rings. The summed E-state index contributed by atoms with van der Waals surface area (Å²) in [6.07, 6.45) is -6.73. The highest BCUT2D eigenvalue weighted by Gasteiger charge is 2.44. The van der Waals surface area contributed by atoms with E-state index in [2.05, 4.69) is 0 Å². The zero-order chi connectivity index (χ0) is 17.9. The van der Waals surface area contributed by atoms with Crippen LogP contribution in [0, 0.1) is 0 Å². The van der Waals surface area contributed by atoms with Crippen LogP contribution in [0.4, 0.5) is 0 Å². The molecule has 0 radical (unpaired) electrons. The van der Waals surface area contributed by atoms with Crippen LogP contribution in [0.2, 0.25) is 0 Å². The van der Waals surface area contributed by atoms with Gasteiger partial charge in [-0.1, -0.05) is 0 Å². The van der Waals surface area contributed by atoms with Crippen LogP contribution in [-0.2, 0) is 16.1 Å². The monoisotopic (exact) mass is 346 g/mol. The molecule has 1 aromatic rings. The number of rotatable bonds is 6. The third-order valence-electron chi connectivity index (χ3n) is 3.80. The van der Waals surface area contributed by atoms with Crippen molar-refractivity contribution in [3.8, 4) is 17.2 Å². The lowest BCUT2D eigenvalue weighted by Crippen LogP contribution is -2.59. The lowest BCUT2D eigenvalue weighted by Gasteiger charge is -2.39. The van der Waals surface area contributed by atoms with E-state index >= 15 is 0 Å². The second-order valence-electron chi connectivity index (χ2n) is 5.36. The van der Waals surface area contributed by atoms with Crippen molar-refractivity contribution in [1.29, 1.82) is 0 Å². The molecular formula is C15H22O9. The number of phenols is 1. The number of ether oxygens (including phenoxy) is 4. The second-order valence-corrected chi connectivity index (χ2v) is 5.36. The quantitative estimate of drug-likeness (QED) is 0.426. The second kappa shape index (κ2) is 7.97. The first kappa shape index (κ1) is 18.7. The molecule has 0 spiro atoms. The molecule has 0 bridgehead atoms. The predicted molar refractivity (Wildman–Crippen MR) is 79.8 cm³/mol. The van der Waals surface area contributed by atoms with Crippen LogP contribution in [0.1, 0.15) is 5.56 Å². The summed E-state index contributed by atoms with van der Waals surface area (Å²) in [7, 11) is 2.77. The molecule has 0 aromatic heterocycles. The Morgan fingerprint density at radius 2 is 1.58 bits per heavy atom. The number of benzene rings is 1. The summed E-state index contributed by atoms with van der Waals surface area (Å²) in [6, 6.07) is 3.03. The van der Waals surface area contributed by atoms with Gasteiger partial charge in [-0.05, 0) is 17.7 Å². The fraction of sp³-hybridized carbons (Fsp3) is 0.600. The van der Waals surface area contributed by atoms with Gasteiger partial charge in [0.2, 0.25) is 5.75 Å². The van der Waals surface area contributed by atoms with Gasteiger partial charge in [0.1, 0.15) is 24.4 Å². The highest BCUT2D eigenvalue weighted by atomic mass is 16.7. The minimum Gasteiger partial charge on any atom is -0.502 e. The Kier molecular flexibility index (Phi) is 6.21. The van der Waals surface area contributed by atoms with Crippen LogP contribution in [0.15, 0.2) is 12.1 Å². The number of aromatic hydroxyl groups is 1. The first-order chi connectivity index (χ1) is 11.4. The van der Waals surface area contributed by atoms with Crippen molar-refractivity contribution in [3.05, 3.63) is 17.7 Å². The van der Waals surface area contributed by atoms with E-state index in [-0.39, 0.29) is 23.9 Å². The van der Waals surface area contributed by atoms with Gasteiger partial charge in [0.25, 0.3) is 0 Å². The number of hydrogen-bond acceptors (Lipinski definition) is 9. The van der Waals surface area contributed by atoms with E-state index in [1.807, 2.05) is 0 Å². The normalized spacial score (nSPS) is 30.2. The maximum Gasteiger partial charge on any atom is 0.200 e. The average Bonchev–Trinajstić information content (AvgIpc) is 2.60. The Morgan fingerprint density at radius 1 is 1.00 bits per heavy atom. The number of hydrogen-bond donors (Lipinski definition) is 5. The number of methoxy groups -OCH3 is 2. The summed E-state index contributed by atoms with van der Waals surface area (Å²) in [4.78, 5) is 0. The van der Waals surface area contributed by atoms with E-state index in [9.17, 15) is 20.4 Å². The fourth-order valence-electron chi connectivity index (χ4n) is 2.41. The maximum atomic E-state index is 9.91. The molecule has 9 heteroatoms. The molecule has 1 heterocycles. The van der Waals surface area contributed by atoms with Gasteiger partial charge in [-0.2, -0.15) is 0 Å². The standard InChI is InChI=1S/C15H22O9/c1-21-8-3-7(4-9(22-2)11(8)17)6-23-15-14(20)13(19)12(18)10(5-16)24-15/h3-4,10,12-20H,5-6H2,1-2H3/t10-,12+,13+,14+,15+/m0/s1. The average molecular weight is 346 g/mol. The van der Waals surface area contributed by atoms with Crippen LogP contribution >= 0.6 is 0 Å². The third kappa shape index (κ3) is 3.72. The Morgan fingerprint density at radius 3 is 2.08 bits per heavy atom. The Balaban J connectivity index is 2.09. The molecular weight excluding hydrogens is 324 g/mol. The Labute approximate surface area is 138 Å². The molecule has 24 heavy (non-hydrogen) atoms. The molecule has 0 aliphatic carbocycles. The lowest BCUT2D eigenvalue weighted by atomic mass is 9.99. The van der Waals surface area contributed by atoms with E-state index < -0.39 is 37.3 Å². The summed E-state index contributed by atoms with van der Waals surface area (Å²) in [5, 5.41) is 48.4. The largest absolute Gasteiger partial charge is 0.502 e. The molecule has 5 N–H and O–H groups in total. The molecule has 1 aliphatic heterocycles. The molecule has 0 saturated carbocycles. The van der Waals surface area contributed by atoms with Gasteiger partial charge in [-0.15, -0.1) is 0 Å². The first-order valence-electron chi connectivity index (χ1n) is 7.28. The van der Waals surface area contributed by atoms with Crippen molar-refractivity contribution in [2.75, 3.05) is 20.8 Å². The molecule has 136 valence electrons. The van der Waals surface area contributed by atoms with E-state index in [0.717, 1.165) is 0 Å². The summed E-state index contributed by atoms with van der Waals surface area (Å²) in [5.74, 6) is 0.208. The minimum absolute atomic E-state index is 0.0598. The maximum absolute atomic E-state index is 9.91. The van der Waals surface area contributed by atoms with Crippen LogP contribution in [0.25, 0.3) is 0 Å². The fourth-order valence-corrected chi connectivity index (χ4v) is 2.41. The van der Waals surface area contributed by atoms with Crippen molar-refractivity contribution in [2.45, 2.75) is 37.3 Å². The van der Waals surface area contributed by atoms with E-state index in [1.54, 1.807) is 0 Å². The molecule has 1 aromatic carbocycles. The van der Waals surface area contributed by atoms with E-state index in [0.29, 0.717) is 5.56 Å². The number of aliphatic hydroxyl groups excluding tert-OH is 4. The van der Waals surface area contributed by atoms with Crippen molar-refractivity contribution < 1.29 is 44.5 Å². The van der Waals surface area contributed by atoms with Gasteiger partial charge >= 0.3 is 0 Å². The van der Waals surface area contributed by atoms with Gasteiger partial charge in [0, 0.05) is 0 Å². The van der Waals surface area contributed by atoms with Crippen molar-refractivity contribution >= 4 is 0 Å². The van der Waals surface area contributed by atoms with E-state index in [1.165, 1.54) is 26.4 Å². The SMILES string of the molecule is COc1cc(CO[C@@H]2O[C@@H](CO)[C@@H](O)[C@@H](O)[C@H]2O)cc(OC)c1O. The van der Waals surface area contributed by atoms with E-state index in [4.69, 9.17) is 24.1 Å². The van der Waals surface area contributed by atoms with Crippen LogP contribution < -0.4 is 9.47 Å². The zero-order valence-corrected chi connectivity index (χ0v) is 13.3. The molecule has 0 amide bonds. The summed E-state index contributed by atoms with van der Waals surface area (Å²) in [6.45, 7) is -0.596. The van der Waals surface area contributed by atoms with Crippen LogP contribution in [0.5, 0.6) is 17.2 Å². The zero-order valence-electron chi connectivity index (χ0n) is 13.3. The first-order valence-corrected chi connectivity index (χ1v) is 7.28. The van der Waals surface area contributed by atoms with Crippen molar-refractivity contribution in [1.82, 2.24) is 0 Å². The Hall–Kier alpha value is -1.62. The molecule has 1 aliphatic rings. The summed E-state index contributed by atoms with van der Waals surface area (Å²) >= 11 is 0. The molecule has 5 atom stereocenters. The van der Waals surface area contributed by atoms with Gasteiger partial charge < -0.3 is 44.5 Å². The van der Waals surface area contributed by atoms with Crippen LogP contribution in [0.3, 0.4) is 0 Å². The van der Waals surface area contributed by atoms with Crippen molar-refractivity contribution in [2.24, 2.45) is 0 Å². The summed E-state index contributed by atoms with van der Waals surface area (Å²) in [5.41, 5.74) is 0.554. The molecule has 0 unspecified atom stereocenters. The Bertz CT molecular complexity index is 523. The highest BCUT2D eigenvalue weighted by Crippen LogP contribution is 2.37. The van der Waals surface area contributed by atoms with Gasteiger partial charge in [-0.25, -0.2) is 0 Å².